The lowest BCUT2D eigenvalue weighted by molar-refractivity contribution is -0.137. The molecule has 0 unspecified atom stereocenters. The smallest absolute Gasteiger partial charge is 0.387 e. The summed E-state index contributed by atoms with van der Waals surface area (Å²) in [6.07, 6.45) is 2.77. The van der Waals surface area contributed by atoms with Crippen molar-refractivity contribution in [1.82, 2.24) is 24.7 Å². The number of alkyl halides is 2. The zero-order valence-corrected chi connectivity index (χ0v) is 24.3. The van der Waals surface area contributed by atoms with E-state index in [9.17, 15) is 27.6 Å². The van der Waals surface area contributed by atoms with Crippen molar-refractivity contribution in [2.24, 2.45) is 13.0 Å². The molecule has 3 amide bonds. The molecule has 15 heteroatoms. The molecular weight excluding hydrogens is 608 g/mol. The number of piperidine rings is 1. The van der Waals surface area contributed by atoms with E-state index in [-0.39, 0.29) is 53.2 Å². The van der Waals surface area contributed by atoms with Crippen LogP contribution in [-0.2, 0) is 11.8 Å². The van der Waals surface area contributed by atoms with Gasteiger partial charge in [0.2, 0.25) is 5.91 Å². The number of amides is 3. The maximum Gasteiger partial charge on any atom is 0.387 e. The summed E-state index contributed by atoms with van der Waals surface area (Å²) in [7, 11) is 1.43. The minimum atomic E-state index is -3.20. The lowest BCUT2D eigenvalue weighted by Crippen LogP contribution is -2.52. The van der Waals surface area contributed by atoms with E-state index in [1.54, 1.807) is 4.90 Å². The average Bonchev–Trinajstić information content (AvgIpc) is 3.40. The van der Waals surface area contributed by atoms with Crippen LogP contribution in [0.25, 0.3) is 11.3 Å². The molecule has 2 N–H and O–H groups in total. The lowest BCUT2D eigenvalue weighted by Gasteiger charge is -2.37. The predicted molar refractivity (Wildman–Crippen MR) is 153 cm³/mol. The van der Waals surface area contributed by atoms with E-state index < -0.39 is 40.8 Å². The van der Waals surface area contributed by atoms with E-state index in [1.165, 1.54) is 34.8 Å². The third-order valence-corrected chi connectivity index (χ3v) is 8.11. The van der Waals surface area contributed by atoms with Crippen molar-refractivity contribution in [3.05, 3.63) is 64.6 Å². The minimum Gasteiger partial charge on any atom is -0.433 e. The number of halogens is 5. The summed E-state index contributed by atoms with van der Waals surface area (Å²) in [4.78, 5) is 46.0. The number of nitrogens with one attached hydrogen (secondary N) is 2. The Kier molecular flexibility index (Phi) is 9.39. The molecule has 2 aliphatic rings. The van der Waals surface area contributed by atoms with Crippen molar-refractivity contribution in [2.75, 3.05) is 44.6 Å². The Labute approximate surface area is 254 Å². The zero-order valence-electron chi connectivity index (χ0n) is 23.6. The predicted octanol–water partition coefficient (Wildman–Crippen LogP) is 4.16. The van der Waals surface area contributed by atoms with Gasteiger partial charge in [0.1, 0.15) is 16.6 Å². The largest absolute Gasteiger partial charge is 0.433 e. The number of carbonyl (C=O) groups excluding carboxylic acids is 3. The second-order valence-corrected chi connectivity index (χ2v) is 10.8. The molecule has 44 heavy (non-hydrogen) atoms. The van der Waals surface area contributed by atoms with E-state index in [0.717, 1.165) is 44.1 Å². The number of imidazole rings is 1. The summed E-state index contributed by atoms with van der Waals surface area (Å²) < 4.78 is 60.4. The van der Waals surface area contributed by atoms with Crippen LogP contribution in [0.5, 0.6) is 5.75 Å². The van der Waals surface area contributed by atoms with Crippen molar-refractivity contribution < 1.29 is 36.7 Å². The maximum absolute atomic E-state index is 15.1. The Morgan fingerprint density at radius 3 is 2.39 bits per heavy atom. The number of benzene rings is 2. The molecular formula is C29H29ClF4N6O4. The summed E-state index contributed by atoms with van der Waals surface area (Å²) >= 11 is 5.85. The highest BCUT2D eigenvalue weighted by Gasteiger charge is 2.31. The van der Waals surface area contributed by atoms with Gasteiger partial charge in [-0.2, -0.15) is 8.78 Å². The van der Waals surface area contributed by atoms with Crippen molar-refractivity contribution in [3.8, 4) is 17.0 Å². The van der Waals surface area contributed by atoms with Crippen molar-refractivity contribution in [3.63, 3.8) is 0 Å². The molecule has 2 saturated heterocycles. The van der Waals surface area contributed by atoms with Crippen LogP contribution in [0.2, 0.25) is 5.02 Å². The van der Waals surface area contributed by atoms with Gasteiger partial charge in [0.15, 0.2) is 11.6 Å². The fourth-order valence-corrected chi connectivity index (χ4v) is 5.58. The number of rotatable bonds is 7. The van der Waals surface area contributed by atoms with Crippen LogP contribution in [-0.4, -0.2) is 83.0 Å². The first-order valence-corrected chi connectivity index (χ1v) is 14.3. The van der Waals surface area contributed by atoms with Crippen LogP contribution < -0.4 is 15.4 Å². The molecule has 0 saturated carbocycles. The first-order valence-electron chi connectivity index (χ1n) is 13.9. The number of nitrogens with zero attached hydrogens (tertiary/aromatic N) is 4. The second kappa shape index (κ2) is 13.2. The van der Waals surface area contributed by atoms with Crippen LogP contribution >= 0.6 is 11.6 Å². The number of hydrogen-bond acceptors (Lipinski definition) is 6. The van der Waals surface area contributed by atoms with Gasteiger partial charge in [0.05, 0.1) is 17.5 Å². The molecule has 0 aliphatic carbocycles. The highest BCUT2D eigenvalue weighted by atomic mass is 35.5. The molecule has 0 radical (unpaired) electrons. The Balaban J connectivity index is 1.22. The van der Waals surface area contributed by atoms with Gasteiger partial charge < -0.3 is 29.7 Å². The molecule has 234 valence electrons. The monoisotopic (exact) mass is 636 g/mol. The molecule has 3 heterocycles. The van der Waals surface area contributed by atoms with Gasteiger partial charge in [-0.25, -0.2) is 13.8 Å². The third-order valence-electron chi connectivity index (χ3n) is 7.75. The summed E-state index contributed by atoms with van der Waals surface area (Å²) in [5.41, 5.74) is -0.125. The molecule has 0 atom stereocenters. The van der Waals surface area contributed by atoms with Crippen LogP contribution in [0.1, 0.15) is 33.8 Å². The second-order valence-electron chi connectivity index (χ2n) is 10.4. The average molecular weight is 637 g/mol. The number of hydrogen-bond donors (Lipinski definition) is 2. The van der Waals surface area contributed by atoms with Gasteiger partial charge in [-0.3, -0.25) is 14.4 Å². The molecule has 2 aromatic carbocycles. The number of aromatic nitrogens is 2. The normalized spacial score (nSPS) is 15.9. The Hall–Kier alpha value is -4.17. The van der Waals surface area contributed by atoms with Crippen LogP contribution in [0, 0.1) is 17.6 Å². The standard InChI is InChI=1S/C29H29ClF4N6O4/c1-38-21(19-4-5-22(44-29(33)34)23(30)24(19)32)15-36-25(38)26(41)37-17-2-3-18(20(31)14-17)28(43)40-12-10-39(11-13-40)27(42)16-6-8-35-9-7-16/h2-5,14-16,29,35H,6-13H2,1H3,(H,37,41). The molecule has 2 aliphatic heterocycles. The van der Waals surface area contributed by atoms with Gasteiger partial charge >= 0.3 is 6.61 Å². The van der Waals surface area contributed by atoms with E-state index >= 15 is 4.39 Å². The summed E-state index contributed by atoms with van der Waals surface area (Å²) in [6, 6.07) is 5.88. The molecule has 1 aromatic heterocycles. The van der Waals surface area contributed by atoms with Gasteiger partial charge in [-0.15, -0.1) is 0 Å². The lowest BCUT2D eigenvalue weighted by atomic mass is 9.96. The molecule has 3 aromatic rings. The van der Waals surface area contributed by atoms with Gasteiger partial charge in [0.25, 0.3) is 11.8 Å². The highest BCUT2D eigenvalue weighted by molar-refractivity contribution is 6.32. The van der Waals surface area contributed by atoms with E-state index in [1.807, 2.05) is 0 Å². The number of anilines is 1. The summed E-state index contributed by atoms with van der Waals surface area (Å²) in [5, 5.41) is 5.07. The number of ether oxygens (including phenoxy) is 1. The zero-order chi connectivity index (χ0) is 31.5. The fraction of sp³-hybridized carbons (Fsp3) is 0.379. The molecule has 2 fully saturated rings. The first-order chi connectivity index (χ1) is 21.0. The minimum absolute atomic E-state index is 0.0163. The highest BCUT2D eigenvalue weighted by Crippen LogP contribution is 2.35. The van der Waals surface area contributed by atoms with Crippen molar-refractivity contribution in [1.29, 1.82) is 0 Å². The van der Waals surface area contributed by atoms with Gasteiger partial charge in [-0.05, 0) is 56.3 Å². The molecule has 5 rings (SSSR count). The van der Waals surface area contributed by atoms with Gasteiger partial charge in [-0.1, -0.05) is 11.6 Å². The van der Waals surface area contributed by atoms with E-state index in [2.05, 4.69) is 20.4 Å². The number of carbonyl (C=O) groups is 3. The SMILES string of the molecule is Cn1c(-c2ccc(OC(F)F)c(Cl)c2F)cnc1C(=O)Nc1ccc(C(=O)N2CCN(C(=O)C3CCNCC3)CC2)c(F)c1. The van der Waals surface area contributed by atoms with Crippen molar-refractivity contribution in [2.45, 2.75) is 19.5 Å². The Bertz CT molecular complexity index is 1570. The maximum atomic E-state index is 15.1. The first kappa shape index (κ1) is 31.3. The Morgan fingerprint density at radius 1 is 1.05 bits per heavy atom. The number of piperazine rings is 1. The Morgan fingerprint density at radius 2 is 1.73 bits per heavy atom. The fourth-order valence-electron chi connectivity index (χ4n) is 5.37. The molecule has 10 nitrogen and oxygen atoms in total. The van der Waals surface area contributed by atoms with Gasteiger partial charge in [0, 0.05) is 50.4 Å². The topological polar surface area (TPSA) is 109 Å². The molecule has 0 spiro atoms. The van der Waals surface area contributed by atoms with Crippen LogP contribution in [0.4, 0.5) is 23.2 Å². The van der Waals surface area contributed by atoms with Crippen molar-refractivity contribution >= 4 is 35.0 Å². The van der Waals surface area contributed by atoms with E-state index in [0.29, 0.717) is 13.1 Å². The quantitative estimate of drug-likeness (QED) is 0.377. The molecule has 0 bridgehead atoms. The van der Waals surface area contributed by atoms with Crippen LogP contribution in [0.3, 0.4) is 0 Å². The third kappa shape index (κ3) is 6.50. The summed E-state index contributed by atoms with van der Waals surface area (Å²) in [5.74, 6) is -3.79. The van der Waals surface area contributed by atoms with E-state index in [4.69, 9.17) is 11.6 Å². The summed E-state index contributed by atoms with van der Waals surface area (Å²) in [6.45, 7) is -0.273. The van der Waals surface area contributed by atoms with Crippen LogP contribution in [0.15, 0.2) is 36.5 Å².